The molecule has 1 N–H and O–H groups in total. The Morgan fingerprint density at radius 3 is 2.32 bits per heavy atom. The van der Waals surface area contributed by atoms with Crippen molar-refractivity contribution in [2.45, 2.75) is 13.0 Å². The Morgan fingerprint density at radius 1 is 0.920 bits per heavy atom. The molecule has 128 valence electrons. The van der Waals surface area contributed by atoms with Crippen molar-refractivity contribution in [3.05, 3.63) is 83.7 Å². The van der Waals surface area contributed by atoms with Crippen molar-refractivity contribution >= 4 is 5.69 Å². The topological polar surface area (TPSA) is 35.2 Å². The van der Waals surface area contributed by atoms with Gasteiger partial charge in [-0.05, 0) is 23.6 Å². The van der Waals surface area contributed by atoms with Crippen LogP contribution in [0, 0.1) is 6.92 Å². The Balaban J connectivity index is 1.60. The number of H-pyrrole nitrogens is 1. The molecule has 4 heteroatoms. The van der Waals surface area contributed by atoms with E-state index in [-0.39, 0.29) is 0 Å². The molecular formula is C21H24N4. The van der Waals surface area contributed by atoms with E-state index in [4.69, 9.17) is 0 Å². The summed E-state index contributed by atoms with van der Waals surface area (Å²) in [5, 5.41) is 6.99. The Kier molecular flexibility index (Phi) is 4.53. The van der Waals surface area contributed by atoms with E-state index in [1.807, 2.05) is 12.4 Å². The van der Waals surface area contributed by atoms with Crippen molar-refractivity contribution in [3.63, 3.8) is 0 Å². The minimum atomic E-state index is 0.314. The molecule has 3 aromatic rings. The predicted octanol–water partition coefficient (Wildman–Crippen LogP) is 3.63. The number of nitrogens with zero attached hydrogens (tertiary/aromatic N) is 3. The first kappa shape index (κ1) is 15.9. The lowest BCUT2D eigenvalue weighted by atomic mass is 9.93. The van der Waals surface area contributed by atoms with Gasteiger partial charge in [0.1, 0.15) is 0 Å². The number of aromatic amines is 1. The van der Waals surface area contributed by atoms with E-state index in [0.717, 1.165) is 26.2 Å². The van der Waals surface area contributed by atoms with E-state index in [1.54, 1.807) is 0 Å². The van der Waals surface area contributed by atoms with Gasteiger partial charge in [0.15, 0.2) is 0 Å². The standard InChI is InChI=1S/C21H24N4/c1-17-7-5-6-10-20(17)21(18-8-3-2-4-9-18)25-13-11-24(12-14-25)19-15-22-23-16-19/h2-10,15-16,21H,11-14H2,1H3,(H,22,23). The fraction of sp³-hybridized carbons (Fsp3) is 0.286. The Labute approximate surface area is 149 Å². The van der Waals surface area contributed by atoms with Gasteiger partial charge in [-0.15, -0.1) is 0 Å². The third kappa shape index (κ3) is 3.30. The lowest BCUT2D eigenvalue weighted by Crippen LogP contribution is -2.48. The zero-order valence-corrected chi connectivity index (χ0v) is 14.6. The Morgan fingerprint density at radius 2 is 1.64 bits per heavy atom. The number of rotatable bonds is 4. The van der Waals surface area contributed by atoms with Crippen molar-refractivity contribution < 1.29 is 0 Å². The first-order valence-electron chi connectivity index (χ1n) is 8.91. The highest BCUT2D eigenvalue weighted by atomic mass is 15.3. The molecule has 0 bridgehead atoms. The van der Waals surface area contributed by atoms with Crippen LogP contribution in [-0.4, -0.2) is 41.3 Å². The number of hydrogen-bond acceptors (Lipinski definition) is 3. The van der Waals surface area contributed by atoms with Gasteiger partial charge >= 0.3 is 0 Å². The fourth-order valence-corrected chi connectivity index (χ4v) is 3.77. The van der Waals surface area contributed by atoms with Crippen LogP contribution in [-0.2, 0) is 0 Å². The fourth-order valence-electron chi connectivity index (χ4n) is 3.77. The van der Waals surface area contributed by atoms with Gasteiger partial charge in [-0.2, -0.15) is 5.10 Å². The van der Waals surface area contributed by atoms with Crippen LogP contribution in [0.1, 0.15) is 22.7 Å². The number of aryl methyl sites for hydroxylation is 1. The normalized spacial score (nSPS) is 16.8. The van der Waals surface area contributed by atoms with E-state index in [1.165, 1.54) is 22.4 Å². The van der Waals surface area contributed by atoms with Crippen molar-refractivity contribution in [1.82, 2.24) is 15.1 Å². The molecular weight excluding hydrogens is 308 g/mol. The second kappa shape index (κ2) is 7.11. The molecule has 0 saturated carbocycles. The summed E-state index contributed by atoms with van der Waals surface area (Å²) in [6.07, 6.45) is 3.89. The van der Waals surface area contributed by atoms with Gasteiger partial charge < -0.3 is 4.90 Å². The Hall–Kier alpha value is -2.59. The Bertz CT molecular complexity index is 790. The lowest BCUT2D eigenvalue weighted by Gasteiger charge is -2.40. The molecule has 0 amide bonds. The largest absolute Gasteiger partial charge is 0.366 e. The van der Waals surface area contributed by atoms with E-state index >= 15 is 0 Å². The molecule has 0 spiro atoms. The summed E-state index contributed by atoms with van der Waals surface area (Å²) in [5.41, 5.74) is 5.32. The number of piperazine rings is 1. The van der Waals surface area contributed by atoms with Gasteiger partial charge in [-0.25, -0.2) is 0 Å². The van der Waals surface area contributed by atoms with Gasteiger partial charge in [0.05, 0.1) is 17.9 Å². The molecule has 2 heterocycles. The first-order valence-corrected chi connectivity index (χ1v) is 8.91. The van der Waals surface area contributed by atoms with Crippen molar-refractivity contribution in [2.24, 2.45) is 0 Å². The zero-order chi connectivity index (χ0) is 17.1. The maximum atomic E-state index is 4.08. The molecule has 1 fully saturated rings. The number of aromatic nitrogens is 2. The summed E-state index contributed by atoms with van der Waals surface area (Å²) in [7, 11) is 0. The van der Waals surface area contributed by atoms with E-state index in [9.17, 15) is 0 Å². The van der Waals surface area contributed by atoms with E-state index in [2.05, 4.69) is 81.5 Å². The highest BCUT2D eigenvalue weighted by Gasteiger charge is 2.27. The third-order valence-corrected chi connectivity index (χ3v) is 5.13. The molecule has 1 atom stereocenters. The minimum absolute atomic E-state index is 0.314. The van der Waals surface area contributed by atoms with Gasteiger partial charge in [0.25, 0.3) is 0 Å². The molecule has 0 radical (unpaired) electrons. The summed E-state index contributed by atoms with van der Waals surface area (Å²) in [5.74, 6) is 0. The minimum Gasteiger partial charge on any atom is -0.366 e. The van der Waals surface area contributed by atoms with Crippen LogP contribution in [0.4, 0.5) is 5.69 Å². The van der Waals surface area contributed by atoms with E-state index in [0.29, 0.717) is 6.04 Å². The SMILES string of the molecule is Cc1ccccc1C(c1ccccc1)N1CCN(c2cn[nH]c2)CC1. The molecule has 4 nitrogen and oxygen atoms in total. The van der Waals surface area contributed by atoms with Crippen molar-refractivity contribution in [3.8, 4) is 0 Å². The summed E-state index contributed by atoms with van der Waals surface area (Å²) in [6.45, 7) is 6.34. The molecule has 4 rings (SSSR count). The van der Waals surface area contributed by atoms with Crippen molar-refractivity contribution in [1.29, 1.82) is 0 Å². The number of benzene rings is 2. The van der Waals surface area contributed by atoms with Gasteiger partial charge in [-0.3, -0.25) is 10.00 Å². The molecule has 25 heavy (non-hydrogen) atoms. The van der Waals surface area contributed by atoms with Gasteiger partial charge in [0, 0.05) is 32.4 Å². The van der Waals surface area contributed by atoms with Gasteiger partial charge in [0.2, 0.25) is 0 Å². The van der Waals surface area contributed by atoms with Crippen LogP contribution in [0.3, 0.4) is 0 Å². The summed E-state index contributed by atoms with van der Waals surface area (Å²) < 4.78 is 0. The van der Waals surface area contributed by atoms with Crippen LogP contribution >= 0.6 is 0 Å². The highest BCUT2D eigenvalue weighted by Crippen LogP contribution is 2.32. The number of nitrogens with one attached hydrogen (secondary N) is 1. The third-order valence-electron chi connectivity index (χ3n) is 5.13. The summed E-state index contributed by atoms with van der Waals surface area (Å²) in [6, 6.07) is 20.0. The second-order valence-electron chi connectivity index (χ2n) is 6.65. The summed E-state index contributed by atoms with van der Waals surface area (Å²) in [4.78, 5) is 5.01. The predicted molar refractivity (Wildman–Crippen MR) is 102 cm³/mol. The maximum Gasteiger partial charge on any atom is 0.0750 e. The molecule has 1 aliphatic rings. The molecule has 1 saturated heterocycles. The van der Waals surface area contributed by atoms with E-state index < -0.39 is 0 Å². The smallest absolute Gasteiger partial charge is 0.0750 e. The average molecular weight is 332 g/mol. The zero-order valence-electron chi connectivity index (χ0n) is 14.6. The molecule has 1 aromatic heterocycles. The molecule has 2 aromatic carbocycles. The van der Waals surface area contributed by atoms with Gasteiger partial charge in [-0.1, -0.05) is 54.6 Å². The number of anilines is 1. The van der Waals surface area contributed by atoms with Crippen LogP contribution in [0.2, 0.25) is 0 Å². The van der Waals surface area contributed by atoms with Crippen LogP contribution in [0.25, 0.3) is 0 Å². The molecule has 1 aliphatic heterocycles. The first-order chi connectivity index (χ1) is 12.3. The van der Waals surface area contributed by atoms with Crippen LogP contribution in [0.15, 0.2) is 67.0 Å². The molecule has 0 aliphatic carbocycles. The second-order valence-corrected chi connectivity index (χ2v) is 6.65. The number of hydrogen-bond donors (Lipinski definition) is 1. The van der Waals surface area contributed by atoms with Crippen molar-refractivity contribution in [2.75, 3.05) is 31.1 Å². The average Bonchev–Trinajstić information content (AvgIpc) is 3.20. The monoisotopic (exact) mass is 332 g/mol. The maximum absolute atomic E-state index is 4.08. The molecule has 1 unspecified atom stereocenters. The van der Waals surface area contributed by atoms with Crippen LogP contribution in [0.5, 0.6) is 0 Å². The highest BCUT2D eigenvalue weighted by molar-refractivity contribution is 5.43. The quantitative estimate of drug-likeness (QED) is 0.792. The van der Waals surface area contributed by atoms with Crippen LogP contribution < -0.4 is 4.90 Å². The summed E-state index contributed by atoms with van der Waals surface area (Å²) >= 11 is 0. The lowest BCUT2D eigenvalue weighted by molar-refractivity contribution is 0.212.